The predicted octanol–water partition coefficient (Wildman–Crippen LogP) is 3.98. The Bertz CT molecular complexity index is 945. The fraction of sp³-hybridized carbons (Fsp3) is 0.640. The molecule has 0 N–H and O–H groups in total. The number of benzene rings is 1. The third-order valence-corrected chi connectivity index (χ3v) is 7.79. The van der Waals surface area contributed by atoms with Gasteiger partial charge in [0.25, 0.3) is 5.91 Å². The van der Waals surface area contributed by atoms with E-state index in [0.717, 1.165) is 77.1 Å². The van der Waals surface area contributed by atoms with Gasteiger partial charge < -0.3 is 14.2 Å². The number of likely N-dealkylation sites (tertiary alicyclic amines) is 1. The largest absolute Gasteiger partial charge is 0.381 e. The van der Waals surface area contributed by atoms with Crippen LogP contribution in [0.2, 0.25) is 0 Å². The smallest absolute Gasteiger partial charge is 0.253 e. The van der Waals surface area contributed by atoms with Crippen LogP contribution in [0.15, 0.2) is 18.2 Å². The van der Waals surface area contributed by atoms with E-state index in [-0.39, 0.29) is 5.91 Å². The molecule has 0 atom stereocenters. The van der Waals surface area contributed by atoms with Crippen molar-refractivity contribution in [3.05, 3.63) is 35.0 Å². The van der Waals surface area contributed by atoms with E-state index in [0.29, 0.717) is 11.5 Å². The zero-order valence-corrected chi connectivity index (χ0v) is 18.7. The summed E-state index contributed by atoms with van der Waals surface area (Å²) in [6.45, 7) is 10.2. The van der Waals surface area contributed by atoms with E-state index in [9.17, 15) is 4.79 Å². The van der Waals surface area contributed by atoms with Crippen LogP contribution in [0.3, 0.4) is 0 Å². The second kappa shape index (κ2) is 7.69. The van der Waals surface area contributed by atoms with Crippen LogP contribution in [0.4, 0.5) is 0 Å². The molecule has 0 radical (unpaired) electrons. The second-order valence-corrected chi connectivity index (χ2v) is 10.2. The lowest BCUT2D eigenvalue weighted by atomic mass is 9.82. The minimum absolute atomic E-state index is 0.196. The third kappa shape index (κ3) is 3.56. The van der Waals surface area contributed by atoms with Gasteiger partial charge in [-0.15, -0.1) is 0 Å². The highest BCUT2D eigenvalue weighted by Crippen LogP contribution is 2.34. The van der Waals surface area contributed by atoms with E-state index < -0.39 is 0 Å². The molecule has 5 heteroatoms. The monoisotopic (exact) mass is 409 g/mol. The maximum absolute atomic E-state index is 13.2. The number of aryl methyl sites for hydroxylation is 1. The molecule has 2 aromatic rings. The molecule has 0 saturated carbocycles. The average molecular weight is 410 g/mol. The minimum atomic E-state index is 0.196. The van der Waals surface area contributed by atoms with Gasteiger partial charge in [0, 0.05) is 81.1 Å². The summed E-state index contributed by atoms with van der Waals surface area (Å²) in [6, 6.07) is 6.99. The van der Waals surface area contributed by atoms with E-state index in [4.69, 9.17) is 4.74 Å². The molecule has 1 amide bonds. The Hall–Kier alpha value is -1.85. The van der Waals surface area contributed by atoms with Crippen molar-refractivity contribution in [2.45, 2.75) is 58.5 Å². The summed E-state index contributed by atoms with van der Waals surface area (Å²) in [6.07, 6.45) is 5.52. The average Bonchev–Trinajstić information content (AvgIpc) is 3.05. The summed E-state index contributed by atoms with van der Waals surface area (Å²) in [5.41, 5.74) is 5.33. The molecule has 2 fully saturated rings. The Kier molecular flexibility index (Phi) is 5.14. The summed E-state index contributed by atoms with van der Waals surface area (Å²) < 4.78 is 7.92. The summed E-state index contributed by atoms with van der Waals surface area (Å²) in [7, 11) is 2.18. The van der Waals surface area contributed by atoms with E-state index in [1.165, 1.54) is 22.2 Å². The van der Waals surface area contributed by atoms with E-state index in [1.54, 1.807) is 0 Å². The standard InChI is InChI=1S/C25H35N3O2/c1-25(2)9-12-27(13-10-25)24(29)18-4-5-22-20(16-18)21-17-28(11-6-23(21)26(22)3)19-7-14-30-15-8-19/h4-5,16,19H,6-15,17H2,1-3H3. The number of ether oxygens (including phenoxy) is 1. The van der Waals surface area contributed by atoms with Crippen molar-refractivity contribution in [1.82, 2.24) is 14.4 Å². The Morgan fingerprint density at radius 3 is 2.57 bits per heavy atom. The molecule has 3 aliphatic rings. The molecule has 0 aliphatic carbocycles. The van der Waals surface area contributed by atoms with Gasteiger partial charge in [-0.1, -0.05) is 13.8 Å². The molecule has 5 rings (SSSR count). The normalized spacial score (nSPS) is 23.0. The van der Waals surface area contributed by atoms with Gasteiger partial charge in [0.15, 0.2) is 0 Å². The van der Waals surface area contributed by atoms with Crippen molar-refractivity contribution in [1.29, 1.82) is 0 Å². The highest BCUT2D eigenvalue weighted by molar-refractivity contribution is 5.99. The first-order valence-electron chi connectivity index (χ1n) is 11.6. The predicted molar refractivity (Wildman–Crippen MR) is 120 cm³/mol. The van der Waals surface area contributed by atoms with Crippen LogP contribution in [0.25, 0.3) is 10.9 Å². The van der Waals surface area contributed by atoms with Crippen molar-refractivity contribution >= 4 is 16.8 Å². The number of piperidine rings is 1. The molecule has 30 heavy (non-hydrogen) atoms. The molecule has 2 saturated heterocycles. The lowest BCUT2D eigenvalue weighted by molar-refractivity contribution is 0.0289. The first-order valence-corrected chi connectivity index (χ1v) is 11.6. The Balaban J connectivity index is 1.43. The Labute approximate surface area is 180 Å². The van der Waals surface area contributed by atoms with Gasteiger partial charge in [-0.3, -0.25) is 9.69 Å². The molecular weight excluding hydrogens is 374 g/mol. The van der Waals surface area contributed by atoms with Crippen LogP contribution < -0.4 is 0 Å². The highest BCUT2D eigenvalue weighted by Gasteiger charge is 2.31. The first kappa shape index (κ1) is 20.1. The topological polar surface area (TPSA) is 37.7 Å². The molecule has 1 aromatic carbocycles. The molecule has 5 nitrogen and oxygen atoms in total. The van der Waals surface area contributed by atoms with Crippen molar-refractivity contribution in [2.75, 3.05) is 32.8 Å². The second-order valence-electron chi connectivity index (χ2n) is 10.2. The van der Waals surface area contributed by atoms with Crippen LogP contribution in [0, 0.1) is 5.41 Å². The van der Waals surface area contributed by atoms with Gasteiger partial charge in [-0.05, 0) is 54.9 Å². The molecule has 1 aromatic heterocycles. The van der Waals surface area contributed by atoms with E-state index in [1.807, 2.05) is 6.07 Å². The summed E-state index contributed by atoms with van der Waals surface area (Å²) in [5, 5.41) is 1.27. The summed E-state index contributed by atoms with van der Waals surface area (Å²) >= 11 is 0. The number of carbonyl (C=O) groups is 1. The van der Waals surface area contributed by atoms with Crippen molar-refractivity contribution in [3.63, 3.8) is 0 Å². The highest BCUT2D eigenvalue weighted by atomic mass is 16.5. The van der Waals surface area contributed by atoms with E-state index >= 15 is 0 Å². The fourth-order valence-electron chi connectivity index (χ4n) is 5.59. The molecule has 0 bridgehead atoms. The van der Waals surface area contributed by atoms with Gasteiger partial charge in [0.1, 0.15) is 0 Å². The molecule has 0 unspecified atom stereocenters. The minimum Gasteiger partial charge on any atom is -0.381 e. The maximum Gasteiger partial charge on any atom is 0.253 e. The fourth-order valence-corrected chi connectivity index (χ4v) is 5.59. The number of hydrogen-bond acceptors (Lipinski definition) is 3. The number of carbonyl (C=O) groups excluding carboxylic acids is 1. The van der Waals surface area contributed by atoms with Crippen molar-refractivity contribution in [3.8, 4) is 0 Å². The summed E-state index contributed by atoms with van der Waals surface area (Å²) in [4.78, 5) is 17.9. The van der Waals surface area contributed by atoms with Gasteiger partial charge in [0.2, 0.25) is 0 Å². The van der Waals surface area contributed by atoms with Gasteiger partial charge in [-0.2, -0.15) is 0 Å². The molecule has 162 valence electrons. The molecular formula is C25H35N3O2. The number of fused-ring (bicyclic) bond motifs is 3. The van der Waals surface area contributed by atoms with Crippen LogP contribution >= 0.6 is 0 Å². The number of aromatic nitrogens is 1. The maximum atomic E-state index is 13.2. The lowest BCUT2D eigenvalue weighted by Crippen LogP contribution is -2.42. The Morgan fingerprint density at radius 2 is 1.83 bits per heavy atom. The third-order valence-electron chi connectivity index (χ3n) is 7.79. The zero-order valence-electron chi connectivity index (χ0n) is 18.7. The number of amides is 1. The zero-order chi connectivity index (χ0) is 20.9. The molecule has 0 spiro atoms. The van der Waals surface area contributed by atoms with Crippen LogP contribution in [-0.2, 0) is 24.8 Å². The van der Waals surface area contributed by atoms with Crippen LogP contribution in [-0.4, -0.2) is 59.2 Å². The van der Waals surface area contributed by atoms with Gasteiger partial charge in [-0.25, -0.2) is 0 Å². The first-order chi connectivity index (χ1) is 14.4. The molecule has 4 heterocycles. The number of rotatable bonds is 2. The van der Waals surface area contributed by atoms with Gasteiger partial charge >= 0.3 is 0 Å². The van der Waals surface area contributed by atoms with Gasteiger partial charge in [0.05, 0.1) is 0 Å². The lowest BCUT2D eigenvalue weighted by Gasteiger charge is -2.37. The van der Waals surface area contributed by atoms with Crippen LogP contribution in [0.5, 0.6) is 0 Å². The van der Waals surface area contributed by atoms with Crippen LogP contribution in [0.1, 0.15) is 61.1 Å². The van der Waals surface area contributed by atoms with E-state index in [2.05, 4.69) is 47.4 Å². The number of nitrogens with zero attached hydrogens (tertiary/aromatic N) is 3. The Morgan fingerprint density at radius 1 is 1.10 bits per heavy atom. The summed E-state index contributed by atoms with van der Waals surface area (Å²) in [5.74, 6) is 0.196. The van der Waals surface area contributed by atoms with Crippen molar-refractivity contribution in [2.24, 2.45) is 12.5 Å². The molecule has 3 aliphatic heterocycles. The number of hydrogen-bond donors (Lipinski definition) is 0. The quantitative estimate of drug-likeness (QED) is 0.753. The van der Waals surface area contributed by atoms with Crippen molar-refractivity contribution < 1.29 is 9.53 Å². The SMILES string of the molecule is Cn1c2c(c3cc(C(=O)N4CCC(C)(C)CC4)ccc31)CN(C1CCOCC1)CC2.